The van der Waals surface area contributed by atoms with Crippen LogP contribution in [0.1, 0.15) is 86.6 Å². The molecule has 0 aliphatic rings. The third-order valence-corrected chi connectivity index (χ3v) is 11.2. The van der Waals surface area contributed by atoms with Gasteiger partial charge in [0, 0.05) is 13.3 Å². The Hall–Kier alpha value is -7.03. The normalized spacial score (nSPS) is 15.0. The van der Waals surface area contributed by atoms with Gasteiger partial charge in [-0.1, -0.05) is 12.1 Å². The van der Waals surface area contributed by atoms with Gasteiger partial charge in [0.1, 0.15) is 66.2 Å². The molecule has 27 heteroatoms. The minimum Gasteiger partial charge on any atom is -0.508 e. The lowest BCUT2D eigenvalue weighted by Gasteiger charge is -2.25. The Bertz CT molecular complexity index is 2080. The van der Waals surface area contributed by atoms with E-state index in [0.29, 0.717) is 37.1 Å². The quantitative estimate of drug-likeness (QED) is 0.0316. The molecule has 0 radical (unpaired) electrons. The van der Waals surface area contributed by atoms with Gasteiger partial charge in [0.2, 0.25) is 65.0 Å². The minimum absolute atomic E-state index is 0.0227. The van der Waals surface area contributed by atoms with Gasteiger partial charge in [0.05, 0.1) is 6.54 Å². The molecule has 0 fully saturated rings. The fourth-order valence-electron chi connectivity index (χ4n) is 6.22. The number of phenols is 1. The van der Waals surface area contributed by atoms with E-state index >= 15 is 0 Å². The van der Waals surface area contributed by atoms with E-state index in [-0.39, 0.29) is 18.6 Å². The lowest BCUT2D eigenvalue weighted by molar-refractivity contribution is -0.141. The predicted octanol–water partition coefficient (Wildman–Crippen LogP) is -3.98. The Labute approximate surface area is 422 Å². The van der Waals surface area contributed by atoms with E-state index in [1.54, 1.807) is 0 Å². The van der Waals surface area contributed by atoms with Crippen molar-refractivity contribution in [1.82, 2.24) is 58.5 Å². The molecule has 0 spiro atoms. The highest BCUT2D eigenvalue weighted by molar-refractivity contribution is 7.98. The lowest BCUT2D eigenvalue weighted by Crippen LogP contribution is -2.58. The molecule has 0 bridgehead atoms. The van der Waals surface area contributed by atoms with Crippen LogP contribution in [-0.2, 0) is 64.0 Å². The van der Waals surface area contributed by atoms with Gasteiger partial charge < -0.3 is 74.4 Å². The second kappa shape index (κ2) is 32.0. The van der Waals surface area contributed by atoms with Crippen molar-refractivity contribution >= 4 is 82.7 Å². The smallest absolute Gasteiger partial charge is 0.326 e. The second-order valence-electron chi connectivity index (χ2n) is 17.0. The van der Waals surface area contributed by atoms with Crippen LogP contribution < -0.4 is 64.2 Å². The van der Waals surface area contributed by atoms with Crippen LogP contribution in [0.4, 0.5) is 0 Å². The number of carbonyl (C=O) groups is 12. The molecule has 0 aliphatic carbocycles. The Balaban J connectivity index is 2.63. The van der Waals surface area contributed by atoms with Crippen molar-refractivity contribution in [3.05, 3.63) is 29.8 Å². The van der Waals surface area contributed by atoms with Crippen LogP contribution in [0.2, 0.25) is 0 Å². The number of benzene rings is 1. The van der Waals surface area contributed by atoms with E-state index in [0.717, 1.165) is 0 Å². The zero-order valence-electron chi connectivity index (χ0n) is 42.0. The standard InChI is InChI=1S/C45H72N12O14S/c1-22(36(61)47-21-35(60)56-34(45(70)71)20-30-13-15-31(59)16-14-30)48-37(62)23(2)49-38(63)24(3)50-39(64)25(4)51-40(65)26(5)52-41(66)27(6)53-42(67)28(7)54-43(68)33(17-19-72-9)57-44(69)32(55-29(8)58)12-10-11-18-46/h13-16,22-28,32-34,59H,10-12,17-21,46H2,1-9H3,(H,47,61)(H,48,62)(H,49,63)(H,50,64)(H,51,65)(H,52,66)(H,53,67)(H,54,68)(H,55,58)(H,56,60)(H,57,69)(H,70,71)/t22-,23-,24-,25-,26-,27-,28-,32-,33-,34-/m0/s1. The number of aliphatic carboxylic acids is 1. The van der Waals surface area contributed by atoms with Gasteiger partial charge in [-0.05, 0) is 110 Å². The SMILES string of the molecule is CSCC[C@H](NC(=O)[C@H](CCCCN)NC(C)=O)C(=O)N[C@@H](C)C(=O)N[C@@H](C)C(=O)N[C@@H](C)C(=O)N[C@@H](C)C(=O)N[C@@H](C)C(=O)N[C@@H](C)C(=O)N[C@@H](C)C(=O)NCC(=O)N[C@@H](Cc1ccc(O)cc1)C(=O)O. The number of unbranched alkanes of at least 4 members (excludes halogenated alkanes) is 1. The van der Waals surface area contributed by atoms with Gasteiger partial charge in [0.25, 0.3) is 0 Å². The van der Waals surface area contributed by atoms with E-state index in [1.807, 2.05) is 6.26 Å². The van der Waals surface area contributed by atoms with Crippen LogP contribution in [0.5, 0.6) is 5.75 Å². The van der Waals surface area contributed by atoms with Crippen molar-refractivity contribution in [3.8, 4) is 5.75 Å². The maximum absolute atomic E-state index is 13.3. The maximum atomic E-state index is 13.3. The van der Waals surface area contributed by atoms with Crippen molar-refractivity contribution < 1.29 is 67.7 Å². The molecule has 0 unspecified atom stereocenters. The maximum Gasteiger partial charge on any atom is 0.326 e. The summed E-state index contributed by atoms with van der Waals surface area (Å²) in [7, 11) is 0. The Morgan fingerprint density at radius 3 is 1.25 bits per heavy atom. The monoisotopic (exact) mass is 1040 g/mol. The average molecular weight is 1040 g/mol. The van der Waals surface area contributed by atoms with Crippen LogP contribution in [0.25, 0.3) is 0 Å². The molecule has 26 nitrogen and oxygen atoms in total. The van der Waals surface area contributed by atoms with Gasteiger partial charge in [-0.25, -0.2) is 4.79 Å². The zero-order chi connectivity index (χ0) is 54.8. The number of thioether (sulfide) groups is 1. The van der Waals surface area contributed by atoms with E-state index in [4.69, 9.17) is 5.73 Å². The summed E-state index contributed by atoms with van der Waals surface area (Å²) in [5, 5.41) is 45.7. The number of nitrogens with two attached hydrogens (primary N) is 1. The number of phenolic OH excluding ortho intramolecular Hbond substituents is 1. The van der Waals surface area contributed by atoms with Crippen molar-refractivity contribution in [2.75, 3.05) is 25.1 Å². The number of nitrogens with one attached hydrogen (secondary N) is 11. The van der Waals surface area contributed by atoms with Gasteiger partial charge in [0.15, 0.2) is 0 Å². The molecule has 11 amide bonds. The Kier molecular flexibility index (Phi) is 28.0. The van der Waals surface area contributed by atoms with E-state index in [2.05, 4.69) is 58.5 Å². The molecule has 1 rings (SSSR count). The Morgan fingerprint density at radius 2 is 0.875 bits per heavy atom. The van der Waals surface area contributed by atoms with Crippen molar-refractivity contribution in [1.29, 1.82) is 0 Å². The summed E-state index contributed by atoms with van der Waals surface area (Å²) in [6.07, 6.45) is 3.40. The molecular formula is C45H72N12O14S. The number of hydrogen-bond acceptors (Lipinski definition) is 15. The van der Waals surface area contributed by atoms with Gasteiger partial charge in [-0.15, -0.1) is 0 Å². The summed E-state index contributed by atoms with van der Waals surface area (Å²) in [6.45, 7) is 10.3. The van der Waals surface area contributed by atoms with Crippen LogP contribution in [0.15, 0.2) is 24.3 Å². The number of rotatable bonds is 31. The first-order valence-electron chi connectivity index (χ1n) is 23.2. The largest absolute Gasteiger partial charge is 0.508 e. The molecule has 0 aliphatic heterocycles. The molecule has 0 saturated carbocycles. The summed E-state index contributed by atoms with van der Waals surface area (Å²) >= 11 is 1.43. The average Bonchev–Trinajstić information content (AvgIpc) is 3.31. The summed E-state index contributed by atoms with van der Waals surface area (Å²) in [5.41, 5.74) is 6.07. The highest BCUT2D eigenvalue weighted by Crippen LogP contribution is 2.12. The number of carboxylic acids is 1. The molecule has 0 saturated heterocycles. The van der Waals surface area contributed by atoms with Crippen molar-refractivity contribution in [2.45, 2.75) is 148 Å². The van der Waals surface area contributed by atoms with Crippen molar-refractivity contribution in [2.24, 2.45) is 5.73 Å². The predicted molar refractivity (Wildman–Crippen MR) is 263 cm³/mol. The van der Waals surface area contributed by atoms with Crippen LogP contribution >= 0.6 is 11.8 Å². The lowest BCUT2D eigenvalue weighted by atomic mass is 10.1. The molecular weight excluding hydrogens is 965 g/mol. The molecule has 1 aromatic rings. The zero-order valence-corrected chi connectivity index (χ0v) is 42.8. The summed E-state index contributed by atoms with van der Waals surface area (Å²) in [5.74, 6) is -8.96. The van der Waals surface area contributed by atoms with Gasteiger partial charge in [-0.3, -0.25) is 52.7 Å². The molecule has 72 heavy (non-hydrogen) atoms. The first kappa shape index (κ1) is 63.0. The third-order valence-electron chi connectivity index (χ3n) is 10.6. The fourth-order valence-corrected chi connectivity index (χ4v) is 6.69. The topological polar surface area (TPSA) is 404 Å². The second-order valence-corrected chi connectivity index (χ2v) is 18.0. The molecule has 15 N–H and O–H groups in total. The molecule has 0 heterocycles. The molecule has 0 aromatic heterocycles. The van der Waals surface area contributed by atoms with Crippen LogP contribution in [0.3, 0.4) is 0 Å². The molecule has 402 valence electrons. The van der Waals surface area contributed by atoms with Gasteiger partial charge >= 0.3 is 5.97 Å². The number of hydrogen-bond donors (Lipinski definition) is 14. The molecule has 1 aromatic carbocycles. The highest BCUT2D eigenvalue weighted by Gasteiger charge is 2.31. The van der Waals surface area contributed by atoms with E-state index in [9.17, 15) is 67.7 Å². The summed E-state index contributed by atoms with van der Waals surface area (Å²) < 4.78 is 0. The van der Waals surface area contributed by atoms with Crippen molar-refractivity contribution in [3.63, 3.8) is 0 Å². The molecule has 10 atom stereocenters. The van der Waals surface area contributed by atoms with E-state index < -0.39 is 138 Å². The number of carboxylic acid groups (broad SMARTS) is 1. The van der Waals surface area contributed by atoms with Crippen LogP contribution in [0, 0.1) is 0 Å². The first-order chi connectivity index (χ1) is 33.7. The minimum atomic E-state index is -1.34. The number of aromatic hydroxyl groups is 1. The number of amides is 11. The van der Waals surface area contributed by atoms with E-state index in [1.165, 1.54) is 91.4 Å². The summed E-state index contributed by atoms with van der Waals surface area (Å²) in [4.78, 5) is 152. The van der Waals surface area contributed by atoms with Crippen LogP contribution in [-0.4, -0.2) is 167 Å². The Morgan fingerprint density at radius 1 is 0.500 bits per heavy atom. The summed E-state index contributed by atoms with van der Waals surface area (Å²) in [6, 6.07) is -6.10. The van der Waals surface area contributed by atoms with Gasteiger partial charge in [-0.2, -0.15) is 11.8 Å². The number of carbonyl (C=O) groups excluding carboxylic acids is 11. The first-order valence-corrected chi connectivity index (χ1v) is 24.6. The fraction of sp³-hybridized carbons (Fsp3) is 0.600. The highest BCUT2D eigenvalue weighted by atomic mass is 32.2. The third kappa shape index (κ3) is 23.7.